The average Bonchev–Trinajstić information content (AvgIpc) is 1.98. The fourth-order valence-corrected chi connectivity index (χ4v) is 0.451. The van der Waals surface area contributed by atoms with Crippen LogP contribution >= 0.6 is 0 Å². The van der Waals surface area contributed by atoms with Gasteiger partial charge in [0.15, 0.2) is 0 Å². The van der Waals surface area contributed by atoms with Crippen molar-refractivity contribution in [1.29, 1.82) is 0 Å². The molecule has 0 aromatic heterocycles. The van der Waals surface area contributed by atoms with Crippen molar-refractivity contribution in [3.8, 4) is 0 Å². The lowest BCUT2D eigenvalue weighted by molar-refractivity contribution is -0.118. The fraction of sp³-hybridized carbons (Fsp3) is 0.714. The van der Waals surface area contributed by atoms with Crippen LogP contribution in [0.5, 0.6) is 0 Å². The second-order valence-corrected chi connectivity index (χ2v) is 1.90. The highest BCUT2D eigenvalue weighted by Gasteiger charge is 1.92. The van der Waals surface area contributed by atoms with Crippen LogP contribution in [0.1, 0.15) is 0 Å². The van der Waals surface area contributed by atoms with Gasteiger partial charge in [-0.25, -0.2) is 0 Å². The van der Waals surface area contributed by atoms with E-state index in [4.69, 9.17) is 9.57 Å². The predicted molar refractivity (Wildman–Crippen MR) is 40.7 cm³/mol. The standard InChI is InChI=1S/C7H15NO2/c1-4-6-10-7-5-8(2)9-3/h4H,1,5-7H2,2-3H3. The van der Waals surface area contributed by atoms with Crippen LogP contribution in [0.25, 0.3) is 0 Å². The molecule has 10 heavy (non-hydrogen) atoms. The van der Waals surface area contributed by atoms with Gasteiger partial charge in [0, 0.05) is 13.6 Å². The number of hydroxylamine groups is 2. The second-order valence-electron chi connectivity index (χ2n) is 1.90. The van der Waals surface area contributed by atoms with E-state index in [1.807, 2.05) is 7.05 Å². The van der Waals surface area contributed by atoms with E-state index in [0.717, 1.165) is 6.54 Å². The van der Waals surface area contributed by atoms with E-state index < -0.39 is 0 Å². The van der Waals surface area contributed by atoms with E-state index in [1.54, 1.807) is 18.2 Å². The molecule has 3 heteroatoms. The number of hydrogen-bond donors (Lipinski definition) is 0. The monoisotopic (exact) mass is 145 g/mol. The first-order valence-corrected chi connectivity index (χ1v) is 3.25. The molecule has 0 fully saturated rings. The van der Waals surface area contributed by atoms with Crippen molar-refractivity contribution in [2.45, 2.75) is 0 Å². The Kier molecular flexibility index (Phi) is 6.48. The Morgan fingerprint density at radius 2 is 2.30 bits per heavy atom. The SMILES string of the molecule is C=CCOCCN(C)OC. The molecule has 60 valence electrons. The third-order valence-corrected chi connectivity index (χ3v) is 1.10. The summed E-state index contributed by atoms with van der Waals surface area (Å²) in [6, 6.07) is 0. The number of hydrogen-bond acceptors (Lipinski definition) is 3. The van der Waals surface area contributed by atoms with Gasteiger partial charge in [0.2, 0.25) is 0 Å². The van der Waals surface area contributed by atoms with Gasteiger partial charge in [-0.2, -0.15) is 5.06 Å². The Balaban J connectivity index is 2.95. The second kappa shape index (κ2) is 6.74. The Bertz CT molecular complexity index is 85.7. The first-order chi connectivity index (χ1) is 4.81. The summed E-state index contributed by atoms with van der Waals surface area (Å²) >= 11 is 0. The van der Waals surface area contributed by atoms with Crippen molar-refractivity contribution in [2.24, 2.45) is 0 Å². The van der Waals surface area contributed by atoms with E-state index in [-0.39, 0.29) is 0 Å². The highest BCUT2D eigenvalue weighted by Crippen LogP contribution is 1.82. The van der Waals surface area contributed by atoms with Crippen molar-refractivity contribution in [3.63, 3.8) is 0 Å². The largest absolute Gasteiger partial charge is 0.376 e. The maximum atomic E-state index is 5.12. The molecular weight excluding hydrogens is 130 g/mol. The molecule has 0 aliphatic rings. The third-order valence-electron chi connectivity index (χ3n) is 1.10. The van der Waals surface area contributed by atoms with E-state index in [2.05, 4.69) is 6.58 Å². The first kappa shape index (κ1) is 9.62. The Hall–Kier alpha value is -0.380. The molecule has 3 nitrogen and oxygen atoms in total. The average molecular weight is 145 g/mol. The summed E-state index contributed by atoms with van der Waals surface area (Å²) in [6.45, 7) is 5.60. The molecule has 0 aliphatic carbocycles. The Labute approximate surface area is 62.2 Å². The molecule has 0 atom stereocenters. The molecule has 0 aromatic carbocycles. The molecule has 0 amide bonds. The van der Waals surface area contributed by atoms with Gasteiger partial charge in [-0.3, -0.25) is 0 Å². The molecule has 0 radical (unpaired) electrons. The molecule has 0 saturated carbocycles. The number of nitrogens with zero attached hydrogens (tertiary/aromatic N) is 1. The molecule has 0 bridgehead atoms. The van der Waals surface area contributed by atoms with Crippen LogP contribution in [0.2, 0.25) is 0 Å². The van der Waals surface area contributed by atoms with Crippen LogP contribution in [0, 0.1) is 0 Å². The van der Waals surface area contributed by atoms with E-state index in [1.165, 1.54) is 0 Å². The zero-order chi connectivity index (χ0) is 7.82. The van der Waals surface area contributed by atoms with Gasteiger partial charge < -0.3 is 9.57 Å². The fourth-order valence-electron chi connectivity index (χ4n) is 0.451. The lowest BCUT2D eigenvalue weighted by atomic mass is 10.6. The van der Waals surface area contributed by atoms with Gasteiger partial charge in [0.1, 0.15) is 0 Å². The highest BCUT2D eigenvalue weighted by atomic mass is 16.7. The summed E-state index contributed by atoms with van der Waals surface area (Å²) in [5.74, 6) is 0. The van der Waals surface area contributed by atoms with Crippen LogP contribution in [0.15, 0.2) is 12.7 Å². The number of likely N-dealkylation sites (N-methyl/N-ethyl adjacent to an activating group) is 1. The molecule has 0 rings (SSSR count). The normalized spacial score (nSPS) is 10.3. The lowest BCUT2D eigenvalue weighted by Gasteiger charge is -2.12. The van der Waals surface area contributed by atoms with Gasteiger partial charge >= 0.3 is 0 Å². The molecular formula is C7H15NO2. The zero-order valence-corrected chi connectivity index (χ0v) is 6.67. The van der Waals surface area contributed by atoms with Crippen molar-refractivity contribution in [2.75, 3.05) is 33.9 Å². The summed E-state index contributed by atoms with van der Waals surface area (Å²) in [7, 11) is 3.49. The molecule has 0 N–H and O–H groups in total. The summed E-state index contributed by atoms with van der Waals surface area (Å²) in [6.07, 6.45) is 1.73. The zero-order valence-electron chi connectivity index (χ0n) is 6.67. The Morgan fingerprint density at radius 1 is 1.60 bits per heavy atom. The summed E-state index contributed by atoms with van der Waals surface area (Å²) in [5, 5.41) is 1.71. The summed E-state index contributed by atoms with van der Waals surface area (Å²) in [5.41, 5.74) is 0. The molecule has 0 unspecified atom stereocenters. The van der Waals surface area contributed by atoms with E-state index in [9.17, 15) is 0 Å². The topological polar surface area (TPSA) is 21.7 Å². The van der Waals surface area contributed by atoms with Crippen LogP contribution in [-0.2, 0) is 9.57 Å². The third kappa shape index (κ3) is 5.75. The molecule has 0 aliphatic heterocycles. The molecule has 0 heterocycles. The maximum absolute atomic E-state index is 5.12. The minimum absolute atomic E-state index is 0.609. The van der Waals surface area contributed by atoms with Crippen molar-refractivity contribution in [3.05, 3.63) is 12.7 Å². The van der Waals surface area contributed by atoms with Gasteiger partial charge in [-0.1, -0.05) is 6.08 Å². The van der Waals surface area contributed by atoms with Crippen molar-refractivity contribution in [1.82, 2.24) is 5.06 Å². The molecule has 0 saturated heterocycles. The van der Waals surface area contributed by atoms with Crippen LogP contribution in [0.3, 0.4) is 0 Å². The van der Waals surface area contributed by atoms with Gasteiger partial charge in [-0.05, 0) is 0 Å². The van der Waals surface area contributed by atoms with Crippen LogP contribution < -0.4 is 0 Å². The van der Waals surface area contributed by atoms with E-state index >= 15 is 0 Å². The molecule has 0 spiro atoms. The van der Waals surface area contributed by atoms with E-state index in [0.29, 0.717) is 13.2 Å². The lowest BCUT2D eigenvalue weighted by Crippen LogP contribution is -2.21. The smallest absolute Gasteiger partial charge is 0.0645 e. The number of rotatable bonds is 6. The highest BCUT2D eigenvalue weighted by molar-refractivity contribution is 4.63. The predicted octanol–water partition coefficient (Wildman–Crippen LogP) is 0.682. The summed E-state index contributed by atoms with van der Waals surface area (Å²) < 4.78 is 5.12. The first-order valence-electron chi connectivity index (χ1n) is 3.25. The van der Waals surface area contributed by atoms with Crippen LogP contribution in [-0.4, -0.2) is 39.0 Å². The minimum Gasteiger partial charge on any atom is -0.376 e. The Morgan fingerprint density at radius 3 is 2.80 bits per heavy atom. The minimum atomic E-state index is 0.609. The van der Waals surface area contributed by atoms with Gasteiger partial charge in [-0.15, -0.1) is 6.58 Å². The van der Waals surface area contributed by atoms with Crippen molar-refractivity contribution >= 4 is 0 Å². The molecule has 0 aromatic rings. The van der Waals surface area contributed by atoms with Gasteiger partial charge in [0.25, 0.3) is 0 Å². The summed E-state index contributed by atoms with van der Waals surface area (Å²) in [4.78, 5) is 4.86. The van der Waals surface area contributed by atoms with Crippen molar-refractivity contribution < 1.29 is 9.57 Å². The quantitative estimate of drug-likeness (QED) is 0.312. The number of ether oxygens (including phenoxy) is 1. The van der Waals surface area contributed by atoms with Gasteiger partial charge in [0.05, 0.1) is 20.3 Å². The van der Waals surface area contributed by atoms with Crippen LogP contribution in [0.4, 0.5) is 0 Å². The maximum Gasteiger partial charge on any atom is 0.0645 e.